The van der Waals surface area contributed by atoms with Crippen molar-refractivity contribution in [2.45, 2.75) is 20.3 Å². The summed E-state index contributed by atoms with van der Waals surface area (Å²) >= 11 is 0. The third-order valence-electron chi connectivity index (χ3n) is 2.11. The maximum absolute atomic E-state index is 11.6. The SMILES string of the molecule is Cc1cc(C)c(C(=O)CCN)c(O)c1. The van der Waals surface area contributed by atoms with Gasteiger partial charge < -0.3 is 10.8 Å². The second kappa shape index (κ2) is 4.24. The summed E-state index contributed by atoms with van der Waals surface area (Å²) in [5, 5.41) is 9.61. The molecule has 0 bridgehead atoms. The number of ketones is 1. The van der Waals surface area contributed by atoms with Crippen molar-refractivity contribution in [1.29, 1.82) is 0 Å². The highest BCUT2D eigenvalue weighted by atomic mass is 16.3. The number of Topliss-reactive ketones (excluding diaryl/α,β-unsaturated/α-hetero) is 1. The number of hydrogen-bond donors (Lipinski definition) is 2. The first kappa shape index (κ1) is 10.7. The lowest BCUT2D eigenvalue weighted by Crippen LogP contribution is -2.09. The molecule has 0 amide bonds. The molecule has 0 aromatic heterocycles. The second-order valence-corrected chi connectivity index (χ2v) is 3.44. The van der Waals surface area contributed by atoms with E-state index in [4.69, 9.17) is 5.73 Å². The first-order valence-electron chi connectivity index (χ1n) is 4.59. The van der Waals surface area contributed by atoms with Gasteiger partial charge in [0.15, 0.2) is 5.78 Å². The van der Waals surface area contributed by atoms with E-state index in [1.165, 1.54) is 0 Å². The molecule has 3 heteroatoms. The Labute approximate surface area is 83.6 Å². The van der Waals surface area contributed by atoms with Gasteiger partial charge in [0.25, 0.3) is 0 Å². The van der Waals surface area contributed by atoms with Gasteiger partial charge in [-0.25, -0.2) is 0 Å². The summed E-state index contributed by atoms with van der Waals surface area (Å²) in [6.07, 6.45) is 0.275. The van der Waals surface area contributed by atoms with Gasteiger partial charge in [-0.1, -0.05) is 6.07 Å². The van der Waals surface area contributed by atoms with Crippen LogP contribution < -0.4 is 5.73 Å². The maximum atomic E-state index is 11.6. The number of carbonyl (C=O) groups is 1. The van der Waals surface area contributed by atoms with Crippen molar-refractivity contribution in [2.24, 2.45) is 5.73 Å². The van der Waals surface area contributed by atoms with Crippen LogP contribution in [0.5, 0.6) is 5.75 Å². The van der Waals surface area contributed by atoms with Crippen LogP contribution in [0.2, 0.25) is 0 Å². The van der Waals surface area contributed by atoms with Gasteiger partial charge in [0.1, 0.15) is 5.75 Å². The van der Waals surface area contributed by atoms with Crippen LogP contribution in [-0.4, -0.2) is 17.4 Å². The normalized spacial score (nSPS) is 10.2. The Kier molecular flexibility index (Phi) is 3.25. The number of phenolic OH excluding ortho intramolecular Hbond substituents is 1. The quantitative estimate of drug-likeness (QED) is 0.716. The van der Waals surface area contributed by atoms with Crippen LogP contribution >= 0.6 is 0 Å². The van der Waals surface area contributed by atoms with Gasteiger partial charge in [0, 0.05) is 6.42 Å². The molecule has 14 heavy (non-hydrogen) atoms. The van der Waals surface area contributed by atoms with Crippen LogP contribution in [0.3, 0.4) is 0 Å². The third kappa shape index (κ3) is 2.12. The summed E-state index contributed by atoms with van der Waals surface area (Å²) in [5.74, 6) is -0.0385. The van der Waals surface area contributed by atoms with Crippen LogP contribution in [-0.2, 0) is 0 Å². The molecule has 76 valence electrons. The number of benzene rings is 1. The van der Waals surface area contributed by atoms with E-state index in [9.17, 15) is 9.90 Å². The van der Waals surface area contributed by atoms with Gasteiger partial charge >= 0.3 is 0 Å². The van der Waals surface area contributed by atoms with Gasteiger partial charge in [-0.15, -0.1) is 0 Å². The minimum Gasteiger partial charge on any atom is -0.507 e. The Morgan fingerprint density at radius 1 is 1.43 bits per heavy atom. The van der Waals surface area contributed by atoms with E-state index in [-0.39, 0.29) is 18.0 Å². The molecule has 1 rings (SSSR count). The van der Waals surface area contributed by atoms with Crippen molar-refractivity contribution in [2.75, 3.05) is 6.54 Å². The van der Waals surface area contributed by atoms with Gasteiger partial charge in [0.05, 0.1) is 5.56 Å². The van der Waals surface area contributed by atoms with E-state index >= 15 is 0 Å². The molecule has 0 spiro atoms. The molecule has 0 heterocycles. The first-order chi connectivity index (χ1) is 6.56. The highest BCUT2D eigenvalue weighted by Gasteiger charge is 2.13. The van der Waals surface area contributed by atoms with Crippen molar-refractivity contribution in [3.8, 4) is 5.75 Å². The fourth-order valence-corrected chi connectivity index (χ4v) is 1.56. The number of carbonyl (C=O) groups excluding carboxylic acids is 1. The summed E-state index contributed by atoms with van der Waals surface area (Å²) < 4.78 is 0. The van der Waals surface area contributed by atoms with Crippen molar-refractivity contribution < 1.29 is 9.90 Å². The molecule has 0 aliphatic heterocycles. The van der Waals surface area contributed by atoms with Crippen LogP contribution in [0.1, 0.15) is 27.9 Å². The van der Waals surface area contributed by atoms with E-state index in [1.54, 1.807) is 6.07 Å². The Morgan fingerprint density at radius 3 is 2.57 bits per heavy atom. The number of phenols is 1. The largest absolute Gasteiger partial charge is 0.507 e. The fourth-order valence-electron chi connectivity index (χ4n) is 1.56. The van der Waals surface area contributed by atoms with Crippen LogP contribution in [0.15, 0.2) is 12.1 Å². The predicted octanol–water partition coefficient (Wildman–Crippen LogP) is 1.54. The zero-order chi connectivity index (χ0) is 10.7. The maximum Gasteiger partial charge on any atom is 0.168 e. The number of rotatable bonds is 3. The second-order valence-electron chi connectivity index (χ2n) is 3.44. The highest BCUT2D eigenvalue weighted by molar-refractivity contribution is 6.00. The fraction of sp³-hybridized carbons (Fsp3) is 0.364. The average molecular weight is 193 g/mol. The van der Waals surface area contributed by atoms with Crippen molar-refractivity contribution in [1.82, 2.24) is 0 Å². The molecule has 0 radical (unpaired) electrons. The number of aromatic hydroxyl groups is 1. The lowest BCUT2D eigenvalue weighted by molar-refractivity contribution is 0.0982. The molecular weight excluding hydrogens is 178 g/mol. The van der Waals surface area contributed by atoms with Gasteiger partial charge in [0.2, 0.25) is 0 Å². The number of aryl methyl sites for hydroxylation is 2. The molecular formula is C11H15NO2. The summed E-state index contributed by atoms with van der Waals surface area (Å²) in [6.45, 7) is 4.01. The van der Waals surface area contributed by atoms with E-state index in [0.717, 1.165) is 11.1 Å². The van der Waals surface area contributed by atoms with Crippen molar-refractivity contribution in [3.63, 3.8) is 0 Å². The standard InChI is InChI=1S/C11H15NO2/c1-7-5-8(2)11(10(14)6-7)9(13)3-4-12/h5-6,14H,3-4,12H2,1-2H3. The smallest absolute Gasteiger partial charge is 0.168 e. The summed E-state index contributed by atoms with van der Waals surface area (Å²) in [7, 11) is 0. The van der Waals surface area contributed by atoms with Gasteiger partial charge in [-0.05, 0) is 37.6 Å². The Morgan fingerprint density at radius 2 is 2.07 bits per heavy atom. The average Bonchev–Trinajstić information content (AvgIpc) is 2.01. The first-order valence-corrected chi connectivity index (χ1v) is 4.59. The zero-order valence-electron chi connectivity index (χ0n) is 8.50. The molecule has 3 nitrogen and oxygen atoms in total. The molecule has 3 N–H and O–H groups in total. The molecule has 0 saturated heterocycles. The number of nitrogens with two attached hydrogens (primary N) is 1. The molecule has 0 fully saturated rings. The number of hydrogen-bond acceptors (Lipinski definition) is 3. The lowest BCUT2D eigenvalue weighted by Gasteiger charge is -2.07. The molecule has 1 aromatic carbocycles. The van der Waals surface area contributed by atoms with E-state index in [0.29, 0.717) is 12.1 Å². The minimum absolute atomic E-state index is 0.0564. The summed E-state index contributed by atoms with van der Waals surface area (Å²) in [5.41, 5.74) is 7.45. The van der Waals surface area contributed by atoms with Gasteiger partial charge in [-0.3, -0.25) is 4.79 Å². The topological polar surface area (TPSA) is 63.3 Å². The van der Waals surface area contributed by atoms with E-state index < -0.39 is 0 Å². The Bertz CT molecular complexity index is 335. The van der Waals surface area contributed by atoms with E-state index in [1.807, 2.05) is 19.9 Å². The van der Waals surface area contributed by atoms with Crippen LogP contribution in [0.25, 0.3) is 0 Å². The molecule has 1 aromatic rings. The molecule has 0 aliphatic rings. The van der Waals surface area contributed by atoms with Crippen LogP contribution in [0.4, 0.5) is 0 Å². The summed E-state index contributed by atoms with van der Waals surface area (Å²) in [4.78, 5) is 11.6. The van der Waals surface area contributed by atoms with Crippen LogP contribution in [0, 0.1) is 13.8 Å². The molecule has 0 saturated carbocycles. The van der Waals surface area contributed by atoms with Crippen molar-refractivity contribution >= 4 is 5.78 Å². The third-order valence-corrected chi connectivity index (χ3v) is 2.11. The Balaban J connectivity index is 3.14. The van der Waals surface area contributed by atoms with E-state index in [2.05, 4.69) is 0 Å². The highest BCUT2D eigenvalue weighted by Crippen LogP contribution is 2.24. The summed E-state index contributed by atoms with van der Waals surface area (Å²) in [6, 6.07) is 3.47. The van der Waals surface area contributed by atoms with Gasteiger partial charge in [-0.2, -0.15) is 0 Å². The molecule has 0 unspecified atom stereocenters. The van der Waals surface area contributed by atoms with Crippen molar-refractivity contribution in [3.05, 3.63) is 28.8 Å². The monoisotopic (exact) mass is 193 g/mol. The zero-order valence-corrected chi connectivity index (χ0v) is 8.50. The lowest BCUT2D eigenvalue weighted by atomic mass is 9.99. The molecule has 0 atom stereocenters. The Hall–Kier alpha value is -1.35. The molecule has 0 aliphatic carbocycles. The predicted molar refractivity (Wildman–Crippen MR) is 55.6 cm³/mol. The minimum atomic E-state index is -0.0949.